The quantitative estimate of drug-likeness (QED) is 0.736. The van der Waals surface area contributed by atoms with Crippen LogP contribution in [0, 0.1) is 6.92 Å². The number of nitrogens with zero attached hydrogens (tertiary/aromatic N) is 1. The van der Waals surface area contributed by atoms with E-state index < -0.39 is 15.9 Å². The summed E-state index contributed by atoms with van der Waals surface area (Å²) in [6.45, 7) is 7.48. The number of Topliss-reactive ketones (excluding diaryl/α,β-unsaturated/α-hetero) is 1. The summed E-state index contributed by atoms with van der Waals surface area (Å²) < 4.78 is 26.8. The molecule has 2 aromatic carbocycles. The maximum atomic E-state index is 12.7. The summed E-state index contributed by atoms with van der Waals surface area (Å²) in [6, 6.07) is 11.1. The van der Waals surface area contributed by atoms with Crippen LogP contribution < -0.4 is 5.32 Å². The van der Waals surface area contributed by atoms with Crippen molar-refractivity contribution in [2.45, 2.75) is 32.6 Å². The van der Waals surface area contributed by atoms with Gasteiger partial charge in [-0.05, 0) is 55.8 Å². The fraction of sp³-hybridized carbons (Fsp3) is 0.300. The maximum absolute atomic E-state index is 12.7. The molecule has 0 saturated carbocycles. The molecule has 6 nitrogen and oxygen atoms in total. The molecule has 0 aliphatic carbocycles. The molecule has 1 amide bonds. The number of nitrogens with one attached hydrogen (secondary N) is 1. The zero-order valence-electron chi connectivity index (χ0n) is 15.9. The van der Waals surface area contributed by atoms with Gasteiger partial charge < -0.3 is 5.32 Å². The Morgan fingerprint density at radius 1 is 1.00 bits per heavy atom. The molecule has 144 valence electrons. The monoisotopic (exact) mass is 388 g/mol. The molecule has 0 aromatic heterocycles. The molecule has 0 heterocycles. The number of carbonyl (C=O) groups excluding carboxylic acids is 2. The fourth-order valence-electron chi connectivity index (χ4n) is 2.71. The smallest absolute Gasteiger partial charge is 0.255 e. The summed E-state index contributed by atoms with van der Waals surface area (Å²) in [7, 11) is -3.65. The molecule has 0 atom stereocenters. The Morgan fingerprint density at radius 2 is 1.59 bits per heavy atom. The van der Waals surface area contributed by atoms with E-state index in [4.69, 9.17) is 0 Å². The van der Waals surface area contributed by atoms with Gasteiger partial charge in [-0.2, -0.15) is 4.31 Å². The van der Waals surface area contributed by atoms with E-state index in [2.05, 4.69) is 5.32 Å². The van der Waals surface area contributed by atoms with Crippen LogP contribution in [-0.2, 0) is 10.0 Å². The summed E-state index contributed by atoms with van der Waals surface area (Å²) >= 11 is 0. The van der Waals surface area contributed by atoms with E-state index in [0.29, 0.717) is 35.5 Å². The summed E-state index contributed by atoms with van der Waals surface area (Å²) in [4.78, 5) is 24.1. The van der Waals surface area contributed by atoms with Crippen LogP contribution >= 0.6 is 0 Å². The van der Waals surface area contributed by atoms with Crippen LogP contribution in [-0.4, -0.2) is 37.5 Å². The van der Waals surface area contributed by atoms with Crippen LogP contribution in [0.1, 0.15) is 47.1 Å². The van der Waals surface area contributed by atoms with Gasteiger partial charge in [0.2, 0.25) is 10.0 Å². The molecule has 0 fully saturated rings. The van der Waals surface area contributed by atoms with Gasteiger partial charge in [0.05, 0.1) is 4.90 Å². The second-order valence-electron chi connectivity index (χ2n) is 6.15. The minimum atomic E-state index is -3.65. The lowest BCUT2D eigenvalue weighted by Gasteiger charge is -2.19. The van der Waals surface area contributed by atoms with Gasteiger partial charge in [0, 0.05) is 29.9 Å². The van der Waals surface area contributed by atoms with Crippen molar-refractivity contribution in [2.24, 2.45) is 0 Å². The molecule has 2 aromatic rings. The van der Waals surface area contributed by atoms with Crippen molar-refractivity contribution in [3.8, 4) is 0 Å². The van der Waals surface area contributed by atoms with Crippen molar-refractivity contribution >= 4 is 27.4 Å². The second-order valence-corrected chi connectivity index (χ2v) is 8.09. The topological polar surface area (TPSA) is 83.6 Å². The molecule has 0 aliphatic heterocycles. The van der Waals surface area contributed by atoms with Gasteiger partial charge >= 0.3 is 0 Å². The van der Waals surface area contributed by atoms with Crippen LogP contribution in [0.2, 0.25) is 0 Å². The molecule has 27 heavy (non-hydrogen) atoms. The largest absolute Gasteiger partial charge is 0.322 e. The van der Waals surface area contributed by atoms with E-state index >= 15 is 0 Å². The number of aryl methyl sites for hydroxylation is 1. The Bertz CT molecular complexity index is 946. The van der Waals surface area contributed by atoms with E-state index in [1.807, 2.05) is 0 Å². The van der Waals surface area contributed by atoms with E-state index in [1.165, 1.54) is 23.4 Å². The van der Waals surface area contributed by atoms with Crippen molar-refractivity contribution in [1.82, 2.24) is 4.31 Å². The standard InChI is InChI=1S/C20H24N2O4S/c1-5-22(6-2)27(25,26)18-12-7-14(3)19(13-18)20(24)21-17-10-8-16(9-11-17)15(4)23/h7-13H,5-6H2,1-4H3,(H,21,24). The van der Waals surface area contributed by atoms with Crippen LogP contribution in [0.5, 0.6) is 0 Å². The van der Waals surface area contributed by atoms with Crippen molar-refractivity contribution in [1.29, 1.82) is 0 Å². The number of carbonyl (C=O) groups is 2. The van der Waals surface area contributed by atoms with E-state index in [1.54, 1.807) is 51.1 Å². The summed E-state index contributed by atoms with van der Waals surface area (Å²) in [6.07, 6.45) is 0. The lowest BCUT2D eigenvalue weighted by molar-refractivity contribution is 0.101. The number of anilines is 1. The lowest BCUT2D eigenvalue weighted by Crippen LogP contribution is -2.30. The average molecular weight is 388 g/mol. The lowest BCUT2D eigenvalue weighted by atomic mass is 10.1. The minimum absolute atomic E-state index is 0.0574. The first-order valence-electron chi connectivity index (χ1n) is 8.73. The maximum Gasteiger partial charge on any atom is 0.255 e. The highest BCUT2D eigenvalue weighted by Crippen LogP contribution is 2.21. The zero-order chi connectivity index (χ0) is 20.2. The number of rotatable bonds is 7. The molecule has 7 heteroatoms. The fourth-order valence-corrected chi connectivity index (χ4v) is 4.19. The first-order valence-corrected chi connectivity index (χ1v) is 10.2. The van der Waals surface area contributed by atoms with Gasteiger partial charge in [-0.3, -0.25) is 9.59 Å². The highest BCUT2D eigenvalue weighted by molar-refractivity contribution is 7.89. The van der Waals surface area contributed by atoms with Crippen molar-refractivity contribution in [3.63, 3.8) is 0 Å². The first kappa shape index (κ1) is 20.8. The molecule has 0 unspecified atom stereocenters. The summed E-state index contributed by atoms with van der Waals surface area (Å²) in [5.74, 6) is -0.460. The number of benzene rings is 2. The Morgan fingerprint density at radius 3 is 2.11 bits per heavy atom. The third-order valence-corrected chi connectivity index (χ3v) is 6.39. The molecular weight excluding hydrogens is 364 g/mol. The third-order valence-electron chi connectivity index (χ3n) is 4.35. The van der Waals surface area contributed by atoms with E-state index in [9.17, 15) is 18.0 Å². The normalized spacial score (nSPS) is 11.4. The predicted octanol–water partition coefficient (Wildman–Crippen LogP) is 3.48. The van der Waals surface area contributed by atoms with Crippen LogP contribution in [0.4, 0.5) is 5.69 Å². The Kier molecular flexibility index (Phi) is 6.51. The molecule has 0 saturated heterocycles. The Labute approximate surface area is 160 Å². The molecule has 0 bridgehead atoms. The second kappa shape index (κ2) is 8.45. The van der Waals surface area contributed by atoms with E-state index in [-0.39, 0.29) is 10.7 Å². The van der Waals surface area contributed by atoms with Gasteiger partial charge in [0.15, 0.2) is 5.78 Å². The molecule has 0 radical (unpaired) electrons. The van der Waals surface area contributed by atoms with Crippen molar-refractivity contribution in [2.75, 3.05) is 18.4 Å². The number of hydrogen-bond acceptors (Lipinski definition) is 4. The van der Waals surface area contributed by atoms with Gasteiger partial charge in [-0.25, -0.2) is 8.42 Å². The third kappa shape index (κ3) is 4.61. The Balaban J connectivity index is 2.32. The number of amides is 1. The van der Waals surface area contributed by atoms with E-state index in [0.717, 1.165) is 0 Å². The Hall–Kier alpha value is -2.51. The highest BCUT2D eigenvalue weighted by Gasteiger charge is 2.23. The number of sulfonamides is 1. The highest BCUT2D eigenvalue weighted by atomic mass is 32.2. The number of ketones is 1. The van der Waals surface area contributed by atoms with Crippen LogP contribution in [0.15, 0.2) is 47.4 Å². The van der Waals surface area contributed by atoms with Crippen molar-refractivity contribution < 1.29 is 18.0 Å². The number of hydrogen-bond donors (Lipinski definition) is 1. The van der Waals surface area contributed by atoms with Crippen LogP contribution in [0.3, 0.4) is 0 Å². The molecule has 0 aliphatic rings. The molecule has 1 N–H and O–H groups in total. The SMILES string of the molecule is CCN(CC)S(=O)(=O)c1ccc(C)c(C(=O)Nc2ccc(C(C)=O)cc2)c1. The molecular formula is C20H24N2O4S. The van der Waals surface area contributed by atoms with Gasteiger partial charge in [-0.15, -0.1) is 0 Å². The minimum Gasteiger partial charge on any atom is -0.322 e. The predicted molar refractivity (Wildman–Crippen MR) is 106 cm³/mol. The average Bonchev–Trinajstić information content (AvgIpc) is 2.63. The van der Waals surface area contributed by atoms with Crippen LogP contribution in [0.25, 0.3) is 0 Å². The summed E-state index contributed by atoms with van der Waals surface area (Å²) in [5, 5.41) is 2.74. The molecule has 0 spiro atoms. The van der Waals surface area contributed by atoms with Gasteiger partial charge in [-0.1, -0.05) is 19.9 Å². The zero-order valence-corrected chi connectivity index (χ0v) is 16.8. The summed E-state index contributed by atoms with van der Waals surface area (Å²) in [5.41, 5.74) is 2.04. The first-order chi connectivity index (χ1) is 12.7. The van der Waals surface area contributed by atoms with Gasteiger partial charge in [0.1, 0.15) is 0 Å². The molecule has 2 rings (SSSR count). The van der Waals surface area contributed by atoms with Gasteiger partial charge in [0.25, 0.3) is 5.91 Å². The van der Waals surface area contributed by atoms with Crippen molar-refractivity contribution in [3.05, 3.63) is 59.2 Å².